The van der Waals surface area contributed by atoms with Crippen molar-refractivity contribution in [3.63, 3.8) is 0 Å². The quantitative estimate of drug-likeness (QED) is 0.714. The Morgan fingerprint density at radius 1 is 0.833 bits per heavy atom. The fraction of sp³-hybridized carbons (Fsp3) is 0.455. The Bertz CT molecular complexity index is 897. The van der Waals surface area contributed by atoms with Crippen LogP contribution >= 0.6 is 0 Å². The maximum Gasteiger partial charge on any atom is 0.312 e. The maximum absolute atomic E-state index is 12.5. The SMILES string of the molecule is O=C(CCc1ncc(-c2ccccc2)o1)N1CCN(C(=O)C(=O)N2CCCC2)CC1. The zero-order valence-corrected chi connectivity index (χ0v) is 17.0. The van der Waals surface area contributed by atoms with Gasteiger partial charge in [-0.15, -0.1) is 0 Å². The summed E-state index contributed by atoms with van der Waals surface area (Å²) in [5, 5.41) is 0. The standard InChI is InChI=1S/C22H26N4O4/c27-20(9-8-19-23-16-18(30-19)17-6-2-1-3-7-17)24-12-14-26(15-13-24)22(29)21(28)25-10-4-5-11-25/h1-3,6-7,16H,4-5,8-15H2. The highest BCUT2D eigenvalue weighted by Gasteiger charge is 2.31. The molecule has 0 N–H and O–H groups in total. The molecule has 1 aromatic heterocycles. The lowest BCUT2D eigenvalue weighted by Gasteiger charge is -2.35. The second-order valence-electron chi connectivity index (χ2n) is 7.66. The van der Waals surface area contributed by atoms with Crippen molar-refractivity contribution >= 4 is 17.7 Å². The smallest absolute Gasteiger partial charge is 0.312 e. The minimum absolute atomic E-state index is 0.00688. The summed E-state index contributed by atoms with van der Waals surface area (Å²) in [6.07, 6.45) is 4.32. The van der Waals surface area contributed by atoms with E-state index < -0.39 is 11.8 Å². The van der Waals surface area contributed by atoms with E-state index in [2.05, 4.69) is 4.98 Å². The van der Waals surface area contributed by atoms with Crippen LogP contribution in [0.3, 0.4) is 0 Å². The van der Waals surface area contributed by atoms with Crippen molar-refractivity contribution in [1.82, 2.24) is 19.7 Å². The molecule has 3 amide bonds. The summed E-state index contributed by atoms with van der Waals surface area (Å²) in [4.78, 5) is 46.4. The number of aryl methyl sites for hydroxylation is 1. The van der Waals surface area contributed by atoms with Gasteiger partial charge >= 0.3 is 11.8 Å². The molecule has 158 valence electrons. The largest absolute Gasteiger partial charge is 0.441 e. The van der Waals surface area contributed by atoms with Crippen molar-refractivity contribution < 1.29 is 18.8 Å². The van der Waals surface area contributed by atoms with Crippen molar-refractivity contribution in [2.45, 2.75) is 25.7 Å². The molecule has 0 saturated carbocycles. The Balaban J connectivity index is 1.23. The van der Waals surface area contributed by atoms with Crippen molar-refractivity contribution in [2.75, 3.05) is 39.3 Å². The number of carbonyl (C=O) groups is 3. The minimum Gasteiger partial charge on any atom is -0.441 e. The molecule has 3 heterocycles. The number of oxazole rings is 1. The molecule has 8 heteroatoms. The summed E-state index contributed by atoms with van der Waals surface area (Å²) in [5.41, 5.74) is 0.951. The number of hydrogen-bond donors (Lipinski definition) is 0. The third-order valence-corrected chi connectivity index (χ3v) is 5.66. The number of piperazine rings is 1. The molecule has 2 aliphatic heterocycles. The Morgan fingerprint density at radius 3 is 2.10 bits per heavy atom. The van der Waals surface area contributed by atoms with E-state index in [0.717, 1.165) is 18.4 Å². The first-order chi connectivity index (χ1) is 14.6. The van der Waals surface area contributed by atoms with Gasteiger partial charge in [-0.25, -0.2) is 4.98 Å². The van der Waals surface area contributed by atoms with Gasteiger partial charge in [0.15, 0.2) is 11.7 Å². The van der Waals surface area contributed by atoms with Gasteiger partial charge in [0, 0.05) is 57.7 Å². The molecule has 2 aliphatic rings. The van der Waals surface area contributed by atoms with Crippen LogP contribution in [0.1, 0.15) is 25.2 Å². The zero-order valence-electron chi connectivity index (χ0n) is 17.0. The summed E-state index contributed by atoms with van der Waals surface area (Å²) >= 11 is 0. The van der Waals surface area contributed by atoms with Crippen LogP contribution in [0.2, 0.25) is 0 Å². The lowest BCUT2D eigenvalue weighted by atomic mass is 10.2. The Labute approximate surface area is 175 Å². The van der Waals surface area contributed by atoms with Gasteiger partial charge in [-0.3, -0.25) is 14.4 Å². The van der Waals surface area contributed by atoms with Gasteiger partial charge in [-0.05, 0) is 12.8 Å². The second-order valence-corrected chi connectivity index (χ2v) is 7.66. The van der Waals surface area contributed by atoms with E-state index in [9.17, 15) is 14.4 Å². The van der Waals surface area contributed by atoms with Gasteiger partial charge in [0.2, 0.25) is 5.91 Å². The molecule has 0 aliphatic carbocycles. The number of likely N-dealkylation sites (tertiary alicyclic amines) is 1. The van der Waals surface area contributed by atoms with Crippen molar-refractivity contribution in [1.29, 1.82) is 0 Å². The average Bonchev–Trinajstić information content (AvgIpc) is 3.50. The molecule has 1 aromatic carbocycles. The highest BCUT2D eigenvalue weighted by atomic mass is 16.4. The van der Waals surface area contributed by atoms with Crippen LogP contribution in [-0.2, 0) is 20.8 Å². The Morgan fingerprint density at radius 2 is 1.43 bits per heavy atom. The van der Waals surface area contributed by atoms with E-state index in [1.54, 1.807) is 20.9 Å². The number of benzene rings is 1. The van der Waals surface area contributed by atoms with Gasteiger partial charge in [-0.2, -0.15) is 0 Å². The predicted molar refractivity (Wildman–Crippen MR) is 109 cm³/mol. The van der Waals surface area contributed by atoms with Gasteiger partial charge in [-0.1, -0.05) is 30.3 Å². The fourth-order valence-electron chi connectivity index (χ4n) is 3.88. The van der Waals surface area contributed by atoms with Crippen molar-refractivity contribution in [3.05, 3.63) is 42.4 Å². The van der Waals surface area contributed by atoms with Gasteiger partial charge in [0.1, 0.15) is 0 Å². The van der Waals surface area contributed by atoms with E-state index in [-0.39, 0.29) is 5.91 Å². The summed E-state index contributed by atoms with van der Waals surface area (Å²) < 4.78 is 5.75. The Kier molecular flexibility index (Phi) is 6.11. The number of nitrogens with zero attached hydrogens (tertiary/aromatic N) is 4. The number of hydrogen-bond acceptors (Lipinski definition) is 5. The summed E-state index contributed by atoms with van der Waals surface area (Å²) in [6.45, 7) is 2.99. The highest BCUT2D eigenvalue weighted by Crippen LogP contribution is 2.20. The average molecular weight is 410 g/mol. The van der Waals surface area contributed by atoms with E-state index in [1.807, 2.05) is 30.3 Å². The number of amides is 3. The lowest BCUT2D eigenvalue weighted by molar-refractivity contribution is -0.153. The summed E-state index contributed by atoms with van der Waals surface area (Å²) in [5.74, 6) is 0.370. The molecule has 0 radical (unpaired) electrons. The molecule has 2 fully saturated rings. The van der Waals surface area contributed by atoms with Gasteiger partial charge in [0.05, 0.1) is 6.20 Å². The lowest BCUT2D eigenvalue weighted by Crippen LogP contribution is -2.54. The highest BCUT2D eigenvalue weighted by molar-refractivity contribution is 6.35. The zero-order chi connectivity index (χ0) is 20.9. The van der Waals surface area contributed by atoms with Crippen molar-refractivity contribution in [3.8, 4) is 11.3 Å². The van der Waals surface area contributed by atoms with Crippen LogP contribution < -0.4 is 0 Å². The van der Waals surface area contributed by atoms with Crippen LogP contribution in [0, 0.1) is 0 Å². The summed E-state index contributed by atoms with van der Waals surface area (Å²) in [6, 6.07) is 9.71. The third-order valence-electron chi connectivity index (χ3n) is 5.66. The first kappa shape index (κ1) is 20.1. The Hall–Kier alpha value is -3.16. The van der Waals surface area contributed by atoms with Crippen LogP contribution in [0.5, 0.6) is 0 Å². The molecule has 30 heavy (non-hydrogen) atoms. The molecule has 0 unspecified atom stereocenters. The monoisotopic (exact) mass is 410 g/mol. The molecular formula is C22H26N4O4. The van der Waals surface area contributed by atoms with Crippen LogP contribution in [0.4, 0.5) is 0 Å². The second kappa shape index (κ2) is 9.11. The molecule has 0 spiro atoms. The molecule has 2 aromatic rings. The molecule has 4 rings (SSSR count). The van der Waals surface area contributed by atoms with Crippen molar-refractivity contribution in [2.24, 2.45) is 0 Å². The molecule has 8 nitrogen and oxygen atoms in total. The fourth-order valence-corrected chi connectivity index (χ4v) is 3.88. The van der Waals surface area contributed by atoms with Gasteiger partial charge < -0.3 is 19.1 Å². The third kappa shape index (κ3) is 4.53. The topological polar surface area (TPSA) is 87.0 Å². The first-order valence-electron chi connectivity index (χ1n) is 10.5. The molecular weight excluding hydrogens is 384 g/mol. The van der Waals surface area contributed by atoms with Crippen LogP contribution in [0.25, 0.3) is 11.3 Å². The molecule has 2 saturated heterocycles. The van der Waals surface area contributed by atoms with E-state index >= 15 is 0 Å². The van der Waals surface area contributed by atoms with Crippen LogP contribution in [0.15, 0.2) is 40.9 Å². The normalized spacial score (nSPS) is 16.7. The summed E-state index contributed by atoms with van der Waals surface area (Å²) in [7, 11) is 0. The van der Waals surface area contributed by atoms with E-state index in [4.69, 9.17) is 4.42 Å². The number of aromatic nitrogens is 1. The number of rotatable bonds is 4. The number of carbonyl (C=O) groups excluding carboxylic acids is 3. The van der Waals surface area contributed by atoms with Crippen LogP contribution in [-0.4, -0.2) is 76.7 Å². The predicted octanol–water partition coefficient (Wildman–Crippen LogP) is 1.57. The van der Waals surface area contributed by atoms with E-state index in [0.29, 0.717) is 63.8 Å². The first-order valence-corrected chi connectivity index (χ1v) is 10.5. The van der Waals surface area contributed by atoms with E-state index in [1.165, 1.54) is 0 Å². The van der Waals surface area contributed by atoms with Gasteiger partial charge in [0.25, 0.3) is 0 Å². The molecule has 0 atom stereocenters. The molecule has 0 bridgehead atoms. The minimum atomic E-state index is -0.447. The maximum atomic E-state index is 12.5.